The van der Waals surface area contributed by atoms with E-state index in [0.717, 1.165) is 12.8 Å². The summed E-state index contributed by atoms with van der Waals surface area (Å²) in [6, 6.07) is 9.27. The average molecular weight is 415 g/mol. The first-order valence-corrected chi connectivity index (χ1v) is 10.0. The quantitative estimate of drug-likeness (QED) is 0.570. The Labute approximate surface area is 171 Å². The first-order chi connectivity index (χ1) is 13.9. The van der Waals surface area contributed by atoms with Gasteiger partial charge in [0.2, 0.25) is 0 Å². The molecule has 0 aliphatic heterocycles. The Kier molecular flexibility index (Phi) is 6.61. The van der Waals surface area contributed by atoms with E-state index in [4.69, 9.17) is 4.74 Å². The highest BCUT2D eigenvalue weighted by atomic mass is 32.1. The number of carbonyl (C=O) groups excluding carboxylic acids is 4. The van der Waals surface area contributed by atoms with Gasteiger partial charge in [0.15, 0.2) is 6.61 Å². The van der Waals surface area contributed by atoms with Crippen LogP contribution in [0.4, 0.5) is 5.69 Å². The Morgan fingerprint density at radius 1 is 1.10 bits per heavy atom. The minimum atomic E-state index is -0.908. The maximum atomic E-state index is 12.3. The molecule has 3 rings (SSSR count). The molecular formula is C20H21N3O5S. The van der Waals surface area contributed by atoms with Crippen LogP contribution in [0.3, 0.4) is 0 Å². The van der Waals surface area contributed by atoms with E-state index in [1.54, 1.807) is 41.8 Å². The zero-order chi connectivity index (χ0) is 20.8. The molecule has 3 amide bonds. The Morgan fingerprint density at radius 3 is 2.55 bits per heavy atom. The normalized spacial score (nSPS) is 13.8. The number of anilines is 1. The van der Waals surface area contributed by atoms with E-state index in [1.807, 2.05) is 0 Å². The lowest BCUT2D eigenvalue weighted by Crippen LogP contribution is -2.40. The van der Waals surface area contributed by atoms with Crippen molar-refractivity contribution in [1.82, 2.24) is 10.6 Å². The van der Waals surface area contributed by atoms with E-state index in [-0.39, 0.29) is 17.9 Å². The van der Waals surface area contributed by atoms with Crippen LogP contribution in [0.2, 0.25) is 0 Å². The molecule has 2 aromatic rings. The molecule has 3 N–H and O–H groups in total. The highest BCUT2D eigenvalue weighted by Crippen LogP contribution is 2.21. The standard InChI is InChI=1S/C20H21N3O5S/c1-12(21-19(26)16-7-4-10-29-16)20(27)28-11-17(24)23-15-6-3-2-5-14(15)18(25)22-13-8-9-13/h2-7,10,12-13H,8-9,11H2,1H3,(H,21,26)(H,22,25)(H,23,24). The van der Waals surface area contributed by atoms with Gasteiger partial charge >= 0.3 is 5.97 Å². The zero-order valence-corrected chi connectivity index (χ0v) is 16.6. The van der Waals surface area contributed by atoms with Gasteiger partial charge in [-0.05, 0) is 43.3 Å². The van der Waals surface area contributed by atoms with Gasteiger partial charge in [-0.1, -0.05) is 18.2 Å². The Balaban J connectivity index is 1.49. The van der Waals surface area contributed by atoms with Crippen molar-refractivity contribution >= 4 is 40.7 Å². The number of para-hydroxylation sites is 1. The van der Waals surface area contributed by atoms with E-state index in [0.29, 0.717) is 16.1 Å². The lowest BCUT2D eigenvalue weighted by atomic mass is 10.1. The van der Waals surface area contributed by atoms with Crippen molar-refractivity contribution in [3.63, 3.8) is 0 Å². The number of rotatable bonds is 8. The van der Waals surface area contributed by atoms with Crippen LogP contribution in [-0.2, 0) is 14.3 Å². The third-order valence-corrected chi connectivity index (χ3v) is 5.02. The molecule has 1 saturated carbocycles. The van der Waals surface area contributed by atoms with Gasteiger partial charge in [-0.3, -0.25) is 14.4 Å². The largest absolute Gasteiger partial charge is 0.454 e. The van der Waals surface area contributed by atoms with Gasteiger partial charge in [0.25, 0.3) is 17.7 Å². The van der Waals surface area contributed by atoms with E-state index in [1.165, 1.54) is 18.3 Å². The molecule has 0 radical (unpaired) electrons. The molecule has 0 bridgehead atoms. The second-order valence-electron chi connectivity index (χ2n) is 6.62. The maximum absolute atomic E-state index is 12.3. The van der Waals surface area contributed by atoms with Gasteiger partial charge < -0.3 is 20.7 Å². The molecule has 1 heterocycles. The van der Waals surface area contributed by atoms with Crippen LogP contribution < -0.4 is 16.0 Å². The van der Waals surface area contributed by atoms with Crippen molar-refractivity contribution < 1.29 is 23.9 Å². The molecule has 29 heavy (non-hydrogen) atoms. The number of thiophene rings is 1. The molecule has 0 spiro atoms. The van der Waals surface area contributed by atoms with Gasteiger partial charge in [0, 0.05) is 6.04 Å². The summed E-state index contributed by atoms with van der Waals surface area (Å²) in [4.78, 5) is 48.9. The monoisotopic (exact) mass is 415 g/mol. The first kappa shape index (κ1) is 20.5. The fraction of sp³-hybridized carbons (Fsp3) is 0.300. The van der Waals surface area contributed by atoms with Gasteiger partial charge in [0.05, 0.1) is 16.1 Å². The smallest absolute Gasteiger partial charge is 0.328 e. The van der Waals surface area contributed by atoms with Crippen LogP contribution in [0.5, 0.6) is 0 Å². The summed E-state index contributed by atoms with van der Waals surface area (Å²) in [5.41, 5.74) is 0.682. The van der Waals surface area contributed by atoms with E-state index in [9.17, 15) is 19.2 Å². The number of hydrogen-bond donors (Lipinski definition) is 3. The Bertz CT molecular complexity index is 909. The minimum Gasteiger partial charge on any atom is -0.454 e. The fourth-order valence-electron chi connectivity index (χ4n) is 2.46. The Morgan fingerprint density at radius 2 is 1.86 bits per heavy atom. The van der Waals surface area contributed by atoms with E-state index >= 15 is 0 Å². The van der Waals surface area contributed by atoms with Crippen LogP contribution >= 0.6 is 11.3 Å². The summed E-state index contributed by atoms with van der Waals surface area (Å²) in [5.74, 6) is -1.96. The Hall–Kier alpha value is -3.20. The summed E-state index contributed by atoms with van der Waals surface area (Å²) in [6.07, 6.45) is 1.91. The van der Waals surface area contributed by atoms with Crippen LogP contribution in [0, 0.1) is 0 Å². The van der Waals surface area contributed by atoms with Crippen molar-refractivity contribution in [2.45, 2.75) is 31.8 Å². The van der Waals surface area contributed by atoms with Crippen LogP contribution in [0.1, 0.15) is 39.8 Å². The second kappa shape index (κ2) is 9.33. The highest BCUT2D eigenvalue weighted by Gasteiger charge is 2.25. The molecule has 1 aliphatic rings. The number of nitrogens with one attached hydrogen (secondary N) is 3. The number of hydrogen-bond acceptors (Lipinski definition) is 6. The summed E-state index contributed by atoms with van der Waals surface area (Å²) in [5, 5.41) is 9.71. The summed E-state index contributed by atoms with van der Waals surface area (Å²) < 4.78 is 4.97. The summed E-state index contributed by atoms with van der Waals surface area (Å²) in [7, 11) is 0. The van der Waals surface area contributed by atoms with Gasteiger partial charge in [0.1, 0.15) is 6.04 Å². The lowest BCUT2D eigenvalue weighted by molar-refractivity contribution is -0.148. The van der Waals surface area contributed by atoms with E-state index in [2.05, 4.69) is 16.0 Å². The molecule has 1 aliphatic carbocycles. The summed E-state index contributed by atoms with van der Waals surface area (Å²) >= 11 is 1.25. The third kappa shape index (κ3) is 5.89. The molecular weight excluding hydrogens is 394 g/mol. The number of ether oxygens (including phenoxy) is 1. The molecule has 152 valence electrons. The molecule has 1 aromatic carbocycles. The van der Waals surface area contributed by atoms with Gasteiger partial charge in [-0.25, -0.2) is 4.79 Å². The topological polar surface area (TPSA) is 114 Å². The fourth-order valence-corrected chi connectivity index (χ4v) is 3.09. The van der Waals surface area contributed by atoms with Crippen molar-refractivity contribution in [1.29, 1.82) is 0 Å². The number of benzene rings is 1. The second-order valence-corrected chi connectivity index (χ2v) is 7.57. The number of esters is 1. The molecule has 9 heteroatoms. The number of carbonyl (C=O) groups is 4. The van der Waals surface area contributed by atoms with Crippen molar-refractivity contribution in [3.8, 4) is 0 Å². The molecule has 8 nitrogen and oxygen atoms in total. The minimum absolute atomic E-state index is 0.193. The number of amides is 3. The van der Waals surface area contributed by atoms with Crippen molar-refractivity contribution in [3.05, 3.63) is 52.2 Å². The lowest BCUT2D eigenvalue weighted by Gasteiger charge is -2.14. The summed E-state index contributed by atoms with van der Waals surface area (Å²) in [6.45, 7) is 0.944. The predicted octanol–water partition coefficient (Wildman–Crippen LogP) is 1.94. The van der Waals surface area contributed by atoms with Crippen LogP contribution in [-0.4, -0.2) is 42.4 Å². The SMILES string of the molecule is CC(NC(=O)c1cccs1)C(=O)OCC(=O)Nc1ccccc1C(=O)NC1CC1. The molecule has 1 atom stereocenters. The molecule has 1 unspecified atom stereocenters. The first-order valence-electron chi connectivity index (χ1n) is 9.15. The van der Waals surface area contributed by atoms with Gasteiger partial charge in [-0.15, -0.1) is 11.3 Å². The molecule has 1 fully saturated rings. The van der Waals surface area contributed by atoms with Crippen molar-refractivity contribution in [2.75, 3.05) is 11.9 Å². The molecule has 1 aromatic heterocycles. The highest BCUT2D eigenvalue weighted by molar-refractivity contribution is 7.12. The predicted molar refractivity (Wildman–Crippen MR) is 108 cm³/mol. The third-order valence-electron chi connectivity index (χ3n) is 4.15. The average Bonchev–Trinajstić information content (AvgIpc) is 3.34. The van der Waals surface area contributed by atoms with Crippen LogP contribution in [0.15, 0.2) is 41.8 Å². The van der Waals surface area contributed by atoms with Crippen LogP contribution in [0.25, 0.3) is 0 Å². The molecule has 0 saturated heterocycles. The van der Waals surface area contributed by atoms with Gasteiger partial charge in [-0.2, -0.15) is 0 Å². The zero-order valence-electron chi connectivity index (χ0n) is 15.8. The maximum Gasteiger partial charge on any atom is 0.328 e. The van der Waals surface area contributed by atoms with E-state index < -0.39 is 24.5 Å². The van der Waals surface area contributed by atoms with Crippen molar-refractivity contribution in [2.24, 2.45) is 0 Å².